The van der Waals surface area contributed by atoms with Crippen molar-refractivity contribution in [3.05, 3.63) is 92.8 Å². The Morgan fingerprint density at radius 2 is 2.00 bits per heavy atom. The first-order valence-corrected chi connectivity index (χ1v) is 10.9. The summed E-state index contributed by atoms with van der Waals surface area (Å²) in [6.45, 7) is 1.97. The quantitative estimate of drug-likeness (QED) is 0.420. The molecule has 34 heavy (non-hydrogen) atoms. The number of para-hydroxylation sites is 1. The van der Waals surface area contributed by atoms with Crippen LogP contribution >= 0.6 is 0 Å². The van der Waals surface area contributed by atoms with Crippen LogP contribution in [-0.4, -0.2) is 39.4 Å². The number of benzene rings is 2. The van der Waals surface area contributed by atoms with Crippen molar-refractivity contribution in [2.75, 3.05) is 11.9 Å². The summed E-state index contributed by atoms with van der Waals surface area (Å²) in [6.07, 6.45) is -0.782. The van der Waals surface area contributed by atoms with Crippen molar-refractivity contribution in [1.82, 2.24) is 14.9 Å². The topological polar surface area (TPSA) is 135 Å². The van der Waals surface area contributed by atoms with Gasteiger partial charge in [0.2, 0.25) is 0 Å². The number of urea groups is 1. The summed E-state index contributed by atoms with van der Waals surface area (Å²) in [5.41, 5.74) is 0.754. The van der Waals surface area contributed by atoms with Gasteiger partial charge in [0.1, 0.15) is 24.7 Å². The number of aryl methyl sites for hydroxylation is 1. The molecule has 0 saturated carbocycles. The predicted octanol–water partition coefficient (Wildman–Crippen LogP) is 1.89. The number of aliphatic hydroxyl groups excluding tert-OH is 1. The highest BCUT2D eigenvalue weighted by atomic mass is 16.5. The average molecular weight is 466 g/mol. The van der Waals surface area contributed by atoms with Crippen LogP contribution in [0.25, 0.3) is 0 Å². The van der Waals surface area contributed by atoms with E-state index in [0.29, 0.717) is 17.9 Å². The van der Waals surface area contributed by atoms with Crippen LogP contribution < -0.4 is 26.6 Å². The Kier molecular flexibility index (Phi) is 7.09. The second-order valence-electron chi connectivity index (χ2n) is 8.05. The average Bonchev–Trinajstić information content (AvgIpc) is 3.20. The zero-order valence-electron chi connectivity index (χ0n) is 18.6. The SMILES string of the molecule is Cc1cn([C@@H]2C[C@H](O)[C@@H](CNC(=O)Nc3cccc(COc4ccccc4)c3)O2)c(=O)[nH]c1=O. The van der Waals surface area contributed by atoms with E-state index >= 15 is 0 Å². The van der Waals surface area contributed by atoms with Crippen molar-refractivity contribution in [2.24, 2.45) is 0 Å². The molecule has 4 N–H and O–H groups in total. The molecule has 1 aromatic heterocycles. The zero-order chi connectivity index (χ0) is 24.1. The number of nitrogens with one attached hydrogen (secondary N) is 3. The van der Waals surface area contributed by atoms with Gasteiger partial charge < -0.3 is 25.2 Å². The maximum absolute atomic E-state index is 12.4. The minimum Gasteiger partial charge on any atom is -0.489 e. The van der Waals surface area contributed by atoms with Crippen LogP contribution in [0.1, 0.15) is 23.8 Å². The van der Waals surface area contributed by atoms with Gasteiger partial charge in [0.15, 0.2) is 0 Å². The standard InChI is InChI=1S/C24H26N4O6/c1-15-13-28(24(32)27-22(15)30)21-11-19(29)20(34-21)12-25-23(31)26-17-7-5-6-16(10-17)14-33-18-8-3-2-4-9-18/h2-10,13,19-21,29H,11-12,14H2,1H3,(H2,25,26,31)(H,27,30,32)/t19-,20+,21-/m0/s1. The van der Waals surface area contributed by atoms with E-state index in [-0.39, 0.29) is 13.0 Å². The third kappa shape index (κ3) is 5.72. The molecule has 178 valence electrons. The Morgan fingerprint density at radius 1 is 1.21 bits per heavy atom. The number of aliphatic hydroxyl groups is 1. The van der Waals surface area contributed by atoms with Gasteiger partial charge >= 0.3 is 11.7 Å². The molecule has 10 nitrogen and oxygen atoms in total. The Labute approximate surface area is 195 Å². The first-order chi connectivity index (χ1) is 16.4. The summed E-state index contributed by atoms with van der Waals surface area (Å²) in [5, 5.41) is 15.8. The van der Waals surface area contributed by atoms with Crippen molar-refractivity contribution in [3.8, 4) is 5.75 Å². The van der Waals surface area contributed by atoms with Gasteiger partial charge in [-0.2, -0.15) is 0 Å². The lowest BCUT2D eigenvalue weighted by Gasteiger charge is -2.17. The molecule has 3 aromatic rings. The van der Waals surface area contributed by atoms with Crippen LogP contribution in [0.5, 0.6) is 5.75 Å². The van der Waals surface area contributed by atoms with E-state index in [1.165, 1.54) is 10.8 Å². The lowest BCUT2D eigenvalue weighted by Crippen LogP contribution is -2.39. The van der Waals surface area contributed by atoms with E-state index < -0.39 is 35.7 Å². The van der Waals surface area contributed by atoms with Crippen molar-refractivity contribution in [1.29, 1.82) is 0 Å². The number of carbonyl (C=O) groups is 1. The molecule has 10 heteroatoms. The second kappa shape index (κ2) is 10.4. The van der Waals surface area contributed by atoms with Crippen LogP contribution in [0.2, 0.25) is 0 Å². The molecule has 0 spiro atoms. The summed E-state index contributed by atoms with van der Waals surface area (Å²) < 4.78 is 12.7. The summed E-state index contributed by atoms with van der Waals surface area (Å²) in [6, 6.07) is 16.3. The highest BCUT2D eigenvalue weighted by Gasteiger charge is 2.35. The number of anilines is 1. The summed E-state index contributed by atoms with van der Waals surface area (Å²) in [7, 11) is 0. The molecule has 2 amide bonds. The maximum Gasteiger partial charge on any atom is 0.330 e. The third-order valence-electron chi connectivity index (χ3n) is 5.46. The molecule has 3 atom stereocenters. The first kappa shape index (κ1) is 23.3. The third-order valence-corrected chi connectivity index (χ3v) is 5.46. The van der Waals surface area contributed by atoms with E-state index in [1.54, 1.807) is 13.0 Å². The number of amides is 2. The van der Waals surface area contributed by atoms with Crippen LogP contribution in [0.15, 0.2) is 70.4 Å². The molecule has 1 aliphatic heterocycles. The number of ether oxygens (including phenoxy) is 2. The number of hydrogen-bond donors (Lipinski definition) is 4. The molecule has 0 unspecified atom stereocenters. The number of hydrogen-bond acceptors (Lipinski definition) is 6. The van der Waals surface area contributed by atoms with Gasteiger partial charge in [-0.05, 0) is 36.8 Å². The number of nitrogens with zero attached hydrogens (tertiary/aromatic N) is 1. The number of aromatic nitrogens is 2. The Balaban J connectivity index is 1.29. The van der Waals surface area contributed by atoms with Crippen LogP contribution in [-0.2, 0) is 11.3 Å². The smallest absolute Gasteiger partial charge is 0.330 e. The fourth-order valence-electron chi connectivity index (χ4n) is 3.66. The van der Waals surface area contributed by atoms with Gasteiger partial charge in [0, 0.05) is 30.4 Å². The molecule has 0 bridgehead atoms. The van der Waals surface area contributed by atoms with Crippen molar-refractivity contribution >= 4 is 11.7 Å². The van der Waals surface area contributed by atoms with E-state index in [4.69, 9.17) is 9.47 Å². The molecule has 1 saturated heterocycles. The van der Waals surface area contributed by atoms with E-state index in [1.807, 2.05) is 48.5 Å². The second-order valence-corrected chi connectivity index (χ2v) is 8.05. The molecule has 1 aliphatic rings. The highest BCUT2D eigenvalue weighted by Crippen LogP contribution is 2.27. The summed E-state index contributed by atoms with van der Waals surface area (Å²) in [5.74, 6) is 0.756. The number of rotatable bonds is 7. The van der Waals surface area contributed by atoms with Gasteiger partial charge in [0.25, 0.3) is 5.56 Å². The van der Waals surface area contributed by atoms with Crippen molar-refractivity contribution < 1.29 is 19.4 Å². The van der Waals surface area contributed by atoms with E-state index in [9.17, 15) is 19.5 Å². The fourth-order valence-corrected chi connectivity index (χ4v) is 3.66. The fraction of sp³-hybridized carbons (Fsp3) is 0.292. The normalized spacial score (nSPS) is 19.5. The summed E-state index contributed by atoms with van der Waals surface area (Å²) >= 11 is 0. The molecular weight excluding hydrogens is 440 g/mol. The van der Waals surface area contributed by atoms with Gasteiger partial charge in [-0.25, -0.2) is 9.59 Å². The molecule has 0 aliphatic carbocycles. The van der Waals surface area contributed by atoms with E-state index in [0.717, 1.165) is 11.3 Å². The molecular formula is C24H26N4O6. The van der Waals surface area contributed by atoms with Crippen LogP contribution in [0, 0.1) is 6.92 Å². The predicted molar refractivity (Wildman–Crippen MR) is 125 cm³/mol. The maximum atomic E-state index is 12.4. The minimum atomic E-state index is -0.886. The summed E-state index contributed by atoms with van der Waals surface area (Å²) in [4.78, 5) is 38.2. The molecule has 1 fully saturated rings. The molecule has 2 heterocycles. The number of carbonyl (C=O) groups excluding carboxylic acids is 1. The molecule has 2 aromatic carbocycles. The first-order valence-electron chi connectivity index (χ1n) is 10.9. The highest BCUT2D eigenvalue weighted by molar-refractivity contribution is 5.89. The van der Waals surface area contributed by atoms with Crippen molar-refractivity contribution in [2.45, 2.75) is 38.4 Å². The lowest BCUT2D eigenvalue weighted by molar-refractivity contribution is -0.0178. The number of aromatic amines is 1. The van der Waals surface area contributed by atoms with Gasteiger partial charge in [-0.3, -0.25) is 14.3 Å². The van der Waals surface area contributed by atoms with Crippen LogP contribution in [0.3, 0.4) is 0 Å². The number of H-pyrrole nitrogens is 1. The Bertz CT molecular complexity index is 1260. The zero-order valence-corrected chi connectivity index (χ0v) is 18.6. The van der Waals surface area contributed by atoms with Gasteiger partial charge in [-0.15, -0.1) is 0 Å². The molecule has 4 rings (SSSR count). The Hall–Kier alpha value is -3.89. The monoisotopic (exact) mass is 466 g/mol. The van der Waals surface area contributed by atoms with Crippen LogP contribution in [0.4, 0.5) is 10.5 Å². The lowest BCUT2D eigenvalue weighted by atomic mass is 10.2. The van der Waals surface area contributed by atoms with Crippen molar-refractivity contribution in [3.63, 3.8) is 0 Å². The largest absolute Gasteiger partial charge is 0.489 e. The Morgan fingerprint density at radius 3 is 2.79 bits per heavy atom. The molecule has 0 radical (unpaired) electrons. The van der Waals surface area contributed by atoms with Gasteiger partial charge in [-0.1, -0.05) is 30.3 Å². The minimum absolute atomic E-state index is 0.0391. The van der Waals surface area contributed by atoms with E-state index in [2.05, 4.69) is 15.6 Å². The van der Waals surface area contributed by atoms with Gasteiger partial charge in [0.05, 0.1) is 6.10 Å².